The van der Waals surface area contributed by atoms with E-state index in [4.69, 9.17) is 15.2 Å². The molecule has 0 radical (unpaired) electrons. The Hall–Kier alpha value is -0.490. The highest BCUT2D eigenvalue weighted by Crippen LogP contribution is 2.38. The Kier molecular flexibility index (Phi) is 5.77. The quantitative estimate of drug-likeness (QED) is 0.857. The van der Waals surface area contributed by atoms with E-state index in [1.807, 2.05) is 6.07 Å². The second kappa shape index (κ2) is 7.18. The molecule has 1 fully saturated rings. The molecule has 1 aromatic carbocycles. The maximum absolute atomic E-state index is 5.92. The number of ether oxygens (including phenoxy) is 2. The highest BCUT2D eigenvalue weighted by molar-refractivity contribution is 9.10. The van der Waals surface area contributed by atoms with Gasteiger partial charge in [0.05, 0.1) is 0 Å². The molecule has 0 bridgehead atoms. The Morgan fingerprint density at radius 3 is 2.48 bits per heavy atom. The van der Waals surface area contributed by atoms with Crippen molar-refractivity contribution in [1.29, 1.82) is 0 Å². The highest BCUT2D eigenvalue weighted by atomic mass is 79.9. The summed E-state index contributed by atoms with van der Waals surface area (Å²) in [7, 11) is 2.15. The monoisotopic (exact) mass is 376 g/mol. The molecule has 1 aliphatic heterocycles. The van der Waals surface area contributed by atoms with Crippen LogP contribution < -0.4 is 15.2 Å². The lowest BCUT2D eigenvalue weighted by Gasteiger charge is -2.28. The molecule has 0 spiro atoms. The van der Waals surface area contributed by atoms with Crippen LogP contribution in [0.1, 0.15) is 18.4 Å². The van der Waals surface area contributed by atoms with Crippen molar-refractivity contribution >= 4 is 28.3 Å². The van der Waals surface area contributed by atoms with E-state index in [9.17, 15) is 0 Å². The van der Waals surface area contributed by atoms with Crippen LogP contribution in [0.25, 0.3) is 0 Å². The number of likely N-dealkylation sites (N-methyl/N-ethyl adjacent to an activating group) is 1. The van der Waals surface area contributed by atoms with Crippen LogP contribution in [0.2, 0.25) is 0 Å². The van der Waals surface area contributed by atoms with Gasteiger partial charge in [0.2, 0.25) is 0 Å². The molecular formula is C15H22BrClN2O2. The van der Waals surface area contributed by atoms with Crippen LogP contribution in [0, 0.1) is 5.92 Å². The third kappa shape index (κ3) is 3.83. The molecule has 4 nitrogen and oxygen atoms in total. The van der Waals surface area contributed by atoms with E-state index in [2.05, 4.69) is 33.9 Å². The van der Waals surface area contributed by atoms with E-state index in [1.54, 1.807) is 0 Å². The van der Waals surface area contributed by atoms with Crippen molar-refractivity contribution in [2.45, 2.75) is 25.4 Å². The predicted molar refractivity (Wildman–Crippen MR) is 89.4 cm³/mol. The first-order valence-corrected chi connectivity index (χ1v) is 7.96. The Labute approximate surface area is 140 Å². The minimum absolute atomic E-state index is 0. The molecule has 2 aliphatic rings. The van der Waals surface area contributed by atoms with Crippen molar-refractivity contribution < 1.29 is 9.47 Å². The average molecular weight is 378 g/mol. The molecule has 21 heavy (non-hydrogen) atoms. The van der Waals surface area contributed by atoms with Gasteiger partial charge in [-0.15, -0.1) is 12.4 Å². The molecule has 0 saturated heterocycles. The molecule has 118 valence electrons. The van der Waals surface area contributed by atoms with Gasteiger partial charge in [0.15, 0.2) is 11.5 Å². The fourth-order valence-corrected chi connectivity index (χ4v) is 3.27. The second-order valence-electron chi connectivity index (χ2n) is 5.64. The van der Waals surface area contributed by atoms with Gasteiger partial charge in [-0.3, -0.25) is 4.90 Å². The third-order valence-electron chi connectivity index (χ3n) is 4.10. The summed E-state index contributed by atoms with van der Waals surface area (Å²) in [5.41, 5.74) is 7.14. The maximum atomic E-state index is 5.92. The van der Waals surface area contributed by atoms with E-state index < -0.39 is 0 Å². The number of rotatable bonds is 5. The fourth-order valence-electron chi connectivity index (χ4n) is 2.83. The van der Waals surface area contributed by atoms with Crippen LogP contribution in [0.5, 0.6) is 11.5 Å². The SMILES string of the molecule is CN(Cc1cc2c(cc1Br)OCCO2)C(CN)C1CC1.Cl. The number of nitrogens with zero attached hydrogens (tertiary/aromatic N) is 1. The number of nitrogens with two attached hydrogens (primary N) is 1. The molecule has 2 N–H and O–H groups in total. The summed E-state index contributed by atoms with van der Waals surface area (Å²) >= 11 is 3.63. The Bertz CT molecular complexity index is 497. The van der Waals surface area contributed by atoms with E-state index in [1.165, 1.54) is 18.4 Å². The molecule has 1 saturated carbocycles. The lowest BCUT2D eigenvalue weighted by molar-refractivity contribution is 0.170. The van der Waals surface area contributed by atoms with E-state index in [-0.39, 0.29) is 12.4 Å². The maximum Gasteiger partial charge on any atom is 0.162 e. The molecule has 1 atom stereocenters. The van der Waals surface area contributed by atoms with E-state index in [0.717, 1.165) is 35.0 Å². The lowest BCUT2D eigenvalue weighted by Crippen LogP contribution is -2.39. The molecular weight excluding hydrogens is 356 g/mol. The number of hydrogen-bond donors (Lipinski definition) is 1. The van der Waals surface area contributed by atoms with Crippen LogP contribution in [-0.4, -0.2) is 37.7 Å². The minimum atomic E-state index is 0. The van der Waals surface area contributed by atoms with E-state index in [0.29, 0.717) is 19.3 Å². The molecule has 1 unspecified atom stereocenters. The first-order valence-electron chi connectivity index (χ1n) is 7.17. The zero-order valence-corrected chi connectivity index (χ0v) is 14.6. The van der Waals surface area contributed by atoms with Gasteiger partial charge in [0, 0.05) is 23.6 Å². The molecule has 6 heteroatoms. The lowest BCUT2D eigenvalue weighted by atomic mass is 10.1. The zero-order valence-electron chi connectivity index (χ0n) is 12.2. The van der Waals surface area contributed by atoms with Gasteiger partial charge in [0.25, 0.3) is 0 Å². The van der Waals surface area contributed by atoms with Gasteiger partial charge in [0.1, 0.15) is 13.2 Å². The standard InChI is InChI=1S/C15H21BrN2O2.ClH/c1-18(13(8-17)10-2-3-10)9-11-6-14-15(7-12(11)16)20-5-4-19-14;/h6-7,10,13H,2-5,8-9,17H2,1H3;1H. The zero-order chi connectivity index (χ0) is 14.1. The van der Waals surface area contributed by atoms with Crippen molar-refractivity contribution in [3.8, 4) is 11.5 Å². The van der Waals surface area contributed by atoms with Crippen molar-refractivity contribution in [2.24, 2.45) is 11.7 Å². The van der Waals surface area contributed by atoms with Crippen LogP contribution in [0.4, 0.5) is 0 Å². The molecule has 0 aromatic heterocycles. The van der Waals surface area contributed by atoms with Crippen LogP contribution in [0.3, 0.4) is 0 Å². The van der Waals surface area contributed by atoms with Gasteiger partial charge < -0.3 is 15.2 Å². The molecule has 1 aliphatic carbocycles. The summed E-state index contributed by atoms with van der Waals surface area (Å²) < 4.78 is 12.3. The van der Waals surface area contributed by atoms with Crippen molar-refractivity contribution in [3.05, 3.63) is 22.2 Å². The van der Waals surface area contributed by atoms with Crippen molar-refractivity contribution in [1.82, 2.24) is 4.90 Å². The summed E-state index contributed by atoms with van der Waals surface area (Å²) in [6.45, 7) is 2.84. The number of fused-ring (bicyclic) bond motifs is 1. The molecule has 1 heterocycles. The van der Waals surface area contributed by atoms with Gasteiger partial charge in [-0.25, -0.2) is 0 Å². The minimum Gasteiger partial charge on any atom is -0.486 e. The first-order chi connectivity index (χ1) is 9.69. The third-order valence-corrected chi connectivity index (χ3v) is 4.84. The second-order valence-corrected chi connectivity index (χ2v) is 6.50. The van der Waals surface area contributed by atoms with Crippen molar-refractivity contribution in [3.63, 3.8) is 0 Å². The normalized spacial score (nSPS) is 18.3. The summed E-state index contributed by atoms with van der Waals surface area (Å²) in [6, 6.07) is 4.57. The summed E-state index contributed by atoms with van der Waals surface area (Å²) in [5.74, 6) is 2.45. The van der Waals surface area contributed by atoms with Crippen LogP contribution in [0.15, 0.2) is 16.6 Å². The molecule has 3 rings (SSSR count). The molecule has 0 amide bonds. The average Bonchev–Trinajstić information content (AvgIpc) is 3.25. The van der Waals surface area contributed by atoms with Crippen LogP contribution in [-0.2, 0) is 6.54 Å². The number of halogens is 2. The fraction of sp³-hybridized carbons (Fsp3) is 0.600. The first kappa shape index (κ1) is 16.9. The van der Waals surface area contributed by atoms with E-state index >= 15 is 0 Å². The smallest absolute Gasteiger partial charge is 0.162 e. The Balaban J connectivity index is 0.00000161. The topological polar surface area (TPSA) is 47.7 Å². The Morgan fingerprint density at radius 1 is 1.29 bits per heavy atom. The van der Waals surface area contributed by atoms with Gasteiger partial charge in [-0.2, -0.15) is 0 Å². The van der Waals surface area contributed by atoms with Gasteiger partial charge in [-0.1, -0.05) is 15.9 Å². The van der Waals surface area contributed by atoms with Gasteiger partial charge in [-0.05, 0) is 43.5 Å². The number of benzene rings is 1. The largest absolute Gasteiger partial charge is 0.486 e. The predicted octanol–water partition coefficient (Wildman–Crippen LogP) is 2.81. The van der Waals surface area contributed by atoms with Crippen molar-refractivity contribution in [2.75, 3.05) is 26.8 Å². The Morgan fingerprint density at radius 2 is 1.90 bits per heavy atom. The number of hydrogen-bond acceptors (Lipinski definition) is 4. The van der Waals surface area contributed by atoms with Gasteiger partial charge >= 0.3 is 0 Å². The highest BCUT2D eigenvalue weighted by Gasteiger charge is 2.33. The summed E-state index contributed by atoms with van der Waals surface area (Å²) in [5, 5.41) is 0. The summed E-state index contributed by atoms with van der Waals surface area (Å²) in [4.78, 5) is 2.35. The van der Waals surface area contributed by atoms with Crippen LogP contribution >= 0.6 is 28.3 Å². The summed E-state index contributed by atoms with van der Waals surface area (Å²) in [6.07, 6.45) is 2.63. The molecule has 1 aromatic rings.